The molecule has 6 heteroatoms. The summed E-state index contributed by atoms with van der Waals surface area (Å²) in [5.74, 6) is -0.827. The van der Waals surface area contributed by atoms with Gasteiger partial charge in [-0.25, -0.2) is 4.98 Å². The van der Waals surface area contributed by atoms with Gasteiger partial charge in [0.25, 0.3) is 5.91 Å². The Kier molecular flexibility index (Phi) is 5.48. The Morgan fingerprint density at radius 2 is 2.21 bits per heavy atom. The van der Waals surface area contributed by atoms with Crippen molar-refractivity contribution in [1.82, 2.24) is 9.88 Å². The van der Waals surface area contributed by atoms with Crippen LogP contribution in [0.2, 0.25) is 0 Å². The zero-order valence-corrected chi connectivity index (χ0v) is 10.9. The topological polar surface area (TPSA) is 83.3 Å². The number of hydrogen-bond donors (Lipinski definition) is 0. The number of carbonyl (C=O) groups excluding carboxylic acids is 2. The lowest BCUT2D eigenvalue weighted by molar-refractivity contribution is -0.141. The smallest absolute Gasteiger partial charge is 0.325 e. The van der Waals surface area contributed by atoms with Gasteiger partial charge in [0.1, 0.15) is 18.3 Å². The third-order valence-electron chi connectivity index (χ3n) is 2.44. The number of amides is 1. The third-order valence-corrected chi connectivity index (χ3v) is 2.44. The molecule has 0 fully saturated rings. The second-order valence-electron chi connectivity index (χ2n) is 3.85. The molecule has 0 aliphatic heterocycles. The molecule has 0 atom stereocenters. The van der Waals surface area contributed by atoms with Crippen LogP contribution in [-0.2, 0) is 9.53 Å². The SMILES string of the molecule is CCCN(CC(=O)OC)C(=O)c1ccc(C#N)cn1. The van der Waals surface area contributed by atoms with Crippen LogP contribution in [0, 0.1) is 11.3 Å². The summed E-state index contributed by atoms with van der Waals surface area (Å²) >= 11 is 0. The van der Waals surface area contributed by atoms with Gasteiger partial charge in [-0.2, -0.15) is 5.26 Å². The Bertz CT molecular complexity index is 491. The minimum atomic E-state index is -0.476. The van der Waals surface area contributed by atoms with Crippen LogP contribution in [0.25, 0.3) is 0 Å². The number of esters is 1. The number of pyridine rings is 1. The highest BCUT2D eigenvalue weighted by atomic mass is 16.5. The van der Waals surface area contributed by atoms with Crippen molar-refractivity contribution in [2.75, 3.05) is 20.2 Å². The molecule has 0 radical (unpaired) electrons. The molecule has 1 amide bonds. The van der Waals surface area contributed by atoms with Gasteiger partial charge >= 0.3 is 5.97 Å². The van der Waals surface area contributed by atoms with Gasteiger partial charge in [0.2, 0.25) is 0 Å². The van der Waals surface area contributed by atoms with Crippen molar-refractivity contribution in [2.45, 2.75) is 13.3 Å². The molecule has 0 bridgehead atoms. The zero-order chi connectivity index (χ0) is 14.3. The first-order valence-electron chi connectivity index (χ1n) is 5.84. The van der Waals surface area contributed by atoms with Crippen LogP contribution in [0.4, 0.5) is 0 Å². The van der Waals surface area contributed by atoms with Crippen molar-refractivity contribution >= 4 is 11.9 Å². The lowest BCUT2D eigenvalue weighted by Gasteiger charge is -2.20. The predicted molar refractivity (Wildman–Crippen MR) is 67.2 cm³/mol. The Hall–Kier alpha value is -2.42. The maximum atomic E-state index is 12.2. The van der Waals surface area contributed by atoms with Crippen molar-refractivity contribution in [3.8, 4) is 6.07 Å². The summed E-state index contributed by atoms with van der Waals surface area (Å²) in [4.78, 5) is 28.7. The molecule has 1 rings (SSSR count). The summed E-state index contributed by atoms with van der Waals surface area (Å²) in [6, 6.07) is 4.92. The fourth-order valence-corrected chi connectivity index (χ4v) is 1.49. The van der Waals surface area contributed by atoms with Crippen molar-refractivity contribution in [2.24, 2.45) is 0 Å². The maximum absolute atomic E-state index is 12.2. The van der Waals surface area contributed by atoms with Crippen LogP contribution in [-0.4, -0.2) is 42.0 Å². The fraction of sp³-hybridized carbons (Fsp3) is 0.385. The van der Waals surface area contributed by atoms with Crippen LogP contribution >= 0.6 is 0 Å². The number of hydrogen-bond acceptors (Lipinski definition) is 5. The third kappa shape index (κ3) is 4.07. The van der Waals surface area contributed by atoms with E-state index < -0.39 is 5.97 Å². The van der Waals surface area contributed by atoms with E-state index in [1.54, 1.807) is 0 Å². The lowest BCUT2D eigenvalue weighted by atomic mass is 10.2. The molecule has 0 aliphatic carbocycles. The average Bonchev–Trinajstić information content (AvgIpc) is 2.46. The quantitative estimate of drug-likeness (QED) is 0.738. The lowest BCUT2D eigenvalue weighted by Crippen LogP contribution is -2.37. The zero-order valence-electron chi connectivity index (χ0n) is 10.9. The molecule has 1 heterocycles. The van der Waals surface area contributed by atoms with E-state index in [4.69, 9.17) is 5.26 Å². The maximum Gasteiger partial charge on any atom is 0.325 e. The normalized spacial score (nSPS) is 9.53. The van der Waals surface area contributed by atoms with Crippen LogP contribution < -0.4 is 0 Å². The standard InChI is InChI=1S/C13H15N3O3/c1-3-6-16(9-12(17)19-2)13(18)11-5-4-10(7-14)8-15-11/h4-5,8H,3,6,9H2,1-2H3. The monoisotopic (exact) mass is 261 g/mol. The summed E-state index contributed by atoms with van der Waals surface area (Å²) in [6.07, 6.45) is 2.05. The molecule has 100 valence electrons. The molecular formula is C13H15N3O3. The molecule has 1 aromatic rings. The van der Waals surface area contributed by atoms with Gasteiger partial charge in [-0.1, -0.05) is 6.92 Å². The number of ether oxygens (including phenoxy) is 1. The number of nitriles is 1. The van der Waals surface area contributed by atoms with Gasteiger partial charge in [0, 0.05) is 12.7 Å². The van der Waals surface area contributed by atoms with E-state index in [2.05, 4.69) is 9.72 Å². The van der Waals surface area contributed by atoms with Gasteiger partial charge in [-0.15, -0.1) is 0 Å². The molecule has 1 aromatic heterocycles. The summed E-state index contributed by atoms with van der Waals surface area (Å²) < 4.78 is 4.55. The molecule has 0 unspecified atom stereocenters. The van der Waals surface area contributed by atoms with Crippen molar-refractivity contribution < 1.29 is 14.3 Å². The van der Waals surface area contributed by atoms with Gasteiger partial charge in [-0.3, -0.25) is 9.59 Å². The molecule has 0 spiro atoms. The molecule has 0 aliphatic rings. The Morgan fingerprint density at radius 1 is 1.47 bits per heavy atom. The summed E-state index contributed by atoms with van der Waals surface area (Å²) in [5, 5.41) is 8.66. The molecule has 0 saturated carbocycles. The summed E-state index contributed by atoms with van der Waals surface area (Å²) in [6.45, 7) is 2.24. The number of aromatic nitrogens is 1. The first kappa shape index (κ1) is 14.6. The van der Waals surface area contributed by atoms with Crippen molar-refractivity contribution in [3.05, 3.63) is 29.6 Å². The van der Waals surface area contributed by atoms with Crippen LogP contribution in [0.15, 0.2) is 18.3 Å². The van der Waals surface area contributed by atoms with Crippen LogP contribution in [0.5, 0.6) is 0 Å². The van der Waals surface area contributed by atoms with E-state index in [-0.39, 0.29) is 18.1 Å². The van der Waals surface area contributed by atoms with Gasteiger partial charge in [0.05, 0.1) is 12.7 Å². The highest BCUT2D eigenvalue weighted by Crippen LogP contribution is 2.05. The number of rotatable bonds is 5. The van der Waals surface area contributed by atoms with Crippen molar-refractivity contribution in [1.29, 1.82) is 5.26 Å². The molecule has 0 aromatic carbocycles. The average molecular weight is 261 g/mol. The first-order chi connectivity index (χ1) is 9.12. The van der Waals surface area contributed by atoms with E-state index >= 15 is 0 Å². The fourth-order valence-electron chi connectivity index (χ4n) is 1.49. The Balaban J connectivity index is 2.85. The second-order valence-corrected chi connectivity index (χ2v) is 3.85. The second kappa shape index (κ2) is 7.11. The van der Waals surface area contributed by atoms with Gasteiger partial charge < -0.3 is 9.64 Å². The van der Waals surface area contributed by atoms with Gasteiger partial charge in [-0.05, 0) is 18.6 Å². The number of nitrogens with zero attached hydrogens (tertiary/aromatic N) is 3. The molecule has 0 saturated heterocycles. The van der Waals surface area contributed by atoms with Crippen LogP contribution in [0.3, 0.4) is 0 Å². The van der Waals surface area contributed by atoms with Gasteiger partial charge in [0.15, 0.2) is 0 Å². The van der Waals surface area contributed by atoms with E-state index in [9.17, 15) is 9.59 Å². The summed E-state index contributed by atoms with van der Waals surface area (Å²) in [7, 11) is 1.27. The molecule has 0 N–H and O–H groups in total. The van der Waals surface area contributed by atoms with E-state index in [1.165, 1.54) is 30.3 Å². The molecule has 19 heavy (non-hydrogen) atoms. The van der Waals surface area contributed by atoms with Crippen molar-refractivity contribution in [3.63, 3.8) is 0 Å². The predicted octanol–water partition coefficient (Wildman–Crippen LogP) is 0.978. The Morgan fingerprint density at radius 3 is 2.68 bits per heavy atom. The Labute approximate surface area is 111 Å². The minimum Gasteiger partial charge on any atom is -0.468 e. The highest BCUT2D eigenvalue weighted by Gasteiger charge is 2.19. The largest absolute Gasteiger partial charge is 0.468 e. The molecular weight excluding hydrogens is 246 g/mol. The van der Waals surface area contributed by atoms with E-state index in [0.717, 1.165) is 6.42 Å². The molecule has 6 nitrogen and oxygen atoms in total. The highest BCUT2D eigenvalue weighted by molar-refractivity contribution is 5.94. The summed E-state index contributed by atoms with van der Waals surface area (Å²) in [5.41, 5.74) is 0.586. The van der Waals surface area contributed by atoms with E-state index in [0.29, 0.717) is 12.1 Å². The first-order valence-corrected chi connectivity index (χ1v) is 5.84. The van der Waals surface area contributed by atoms with E-state index in [1.807, 2.05) is 13.0 Å². The number of carbonyl (C=O) groups is 2. The minimum absolute atomic E-state index is 0.106. The van der Waals surface area contributed by atoms with Crippen LogP contribution in [0.1, 0.15) is 29.4 Å². The number of methoxy groups -OCH3 is 1.